The molecular weight excluding hydrogens is 344 g/mol. The van der Waals surface area contributed by atoms with Gasteiger partial charge < -0.3 is 24.8 Å². The van der Waals surface area contributed by atoms with Crippen LogP contribution in [0, 0.1) is 0 Å². The summed E-state index contributed by atoms with van der Waals surface area (Å²) < 4.78 is 14.8. The molecule has 0 radical (unpaired) electrons. The summed E-state index contributed by atoms with van der Waals surface area (Å²) in [7, 11) is 0. The molecule has 132 valence electrons. The molecule has 0 bridgehead atoms. The molecule has 0 atom stereocenters. The molecule has 23 heavy (non-hydrogen) atoms. The molecular formula is C12H22N4O5S2. The highest BCUT2D eigenvalue weighted by molar-refractivity contribution is 7.80. The highest BCUT2D eigenvalue weighted by Gasteiger charge is 2.05. The Morgan fingerprint density at radius 1 is 0.783 bits per heavy atom. The first-order valence-electron chi connectivity index (χ1n) is 7.00. The van der Waals surface area contributed by atoms with Gasteiger partial charge in [0.25, 0.3) is 0 Å². The van der Waals surface area contributed by atoms with Crippen LogP contribution in [0.1, 0.15) is 13.8 Å². The number of rotatable bonds is 8. The number of nitrogens with one attached hydrogen (secondary N) is 4. The number of carbonyl (C=O) groups excluding carboxylic acids is 2. The fraction of sp³-hybridized carbons (Fsp3) is 0.667. The molecule has 0 heterocycles. The Hall–Kier alpha value is -1.72. The quantitative estimate of drug-likeness (QED) is 0.355. The first kappa shape index (κ1) is 21.3. The zero-order valence-corrected chi connectivity index (χ0v) is 14.7. The molecule has 11 heteroatoms. The van der Waals surface area contributed by atoms with Crippen LogP contribution in [-0.2, 0) is 14.2 Å². The molecule has 0 unspecified atom stereocenters. The predicted octanol–water partition coefficient (Wildman–Crippen LogP) is 0.244. The van der Waals surface area contributed by atoms with Crippen LogP contribution in [0.15, 0.2) is 0 Å². The molecule has 0 spiro atoms. The van der Waals surface area contributed by atoms with E-state index in [4.69, 9.17) is 38.6 Å². The third kappa shape index (κ3) is 13.7. The molecule has 2 amide bonds. The van der Waals surface area contributed by atoms with Crippen LogP contribution in [-0.4, -0.2) is 61.9 Å². The van der Waals surface area contributed by atoms with Gasteiger partial charge in [-0.1, -0.05) is 0 Å². The van der Waals surface area contributed by atoms with E-state index in [1.54, 1.807) is 0 Å². The van der Waals surface area contributed by atoms with Gasteiger partial charge in [0.05, 0.1) is 13.2 Å². The van der Waals surface area contributed by atoms with Crippen LogP contribution < -0.4 is 21.3 Å². The van der Waals surface area contributed by atoms with E-state index in [9.17, 15) is 9.59 Å². The molecule has 0 fully saturated rings. The third-order valence-electron chi connectivity index (χ3n) is 2.03. The Labute approximate surface area is 145 Å². The summed E-state index contributed by atoms with van der Waals surface area (Å²) in [5, 5.41) is 10.6. The van der Waals surface area contributed by atoms with E-state index in [1.165, 1.54) is 0 Å². The fourth-order valence-electron chi connectivity index (χ4n) is 1.16. The van der Waals surface area contributed by atoms with Crippen LogP contribution in [0.3, 0.4) is 0 Å². The van der Waals surface area contributed by atoms with Crippen molar-refractivity contribution in [3.8, 4) is 0 Å². The van der Waals surface area contributed by atoms with Crippen molar-refractivity contribution in [2.45, 2.75) is 13.8 Å². The van der Waals surface area contributed by atoms with Gasteiger partial charge in [-0.05, 0) is 38.3 Å². The van der Waals surface area contributed by atoms with Crippen LogP contribution in [0.5, 0.6) is 0 Å². The van der Waals surface area contributed by atoms with Crippen molar-refractivity contribution in [1.29, 1.82) is 0 Å². The number of ether oxygens (including phenoxy) is 3. The summed E-state index contributed by atoms with van der Waals surface area (Å²) in [6.45, 7) is 5.36. The van der Waals surface area contributed by atoms with Gasteiger partial charge in [0.1, 0.15) is 13.2 Å². The summed E-state index contributed by atoms with van der Waals surface area (Å²) in [4.78, 5) is 22.5. The van der Waals surface area contributed by atoms with E-state index < -0.39 is 12.2 Å². The van der Waals surface area contributed by atoms with Crippen LogP contribution in [0.25, 0.3) is 0 Å². The zero-order chi connectivity index (χ0) is 17.5. The minimum Gasteiger partial charge on any atom is -0.447 e. The summed E-state index contributed by atoms with van der Waals surface area (Å²) in [6, 6.07) is 0. The molecule has 0 aliphatic heterocycles. The SMILES string of the molecule is CCNC(=S)NC(=O)OCCOCCOC(=O)NC(=S)NCC. The number of carbonyl (C=O) groups is 2. The second-order valence-corrected chi connectivity index (χ2v) is 4.67. The van der Waals surface area contributed by atoms with E-state index >= 15 is 0 Å². The molecule has 0 aromatic rings. The largest absolute Gasteiger partial charge is 0.447 e. The maximum absolute atomic E-state index is 11.3. The number of alkyl carbamates (subject to hydrolysis) is 2. The Morgan fingerprint density at radius 2 is 1.17 bits per heavy atom. The lowest BCUT2D eigenvalue weighted by Crippen LogP contribution is -2.39. The van der Waals surface area contributed by atoms with E-state index in [0.717, 1.165) is 0 Å². The molecule has 9 nitrogen and oxygen atoms in total. The van der Waals surface area contributed by atoms with Crippen molar-refractivity contribution in [3.63, 3.8) is 0 Å². The lowest BCUT2D eigenvalue weighted by molar-refractivity contribution is 0.0475. The molecule has 0 aromatic heterocycles. The summed E-state index contributed by atoms with van der Waals surface area (Å²) in [5.41, 5.74) is 0. The van der Waals surface area contributed by atoms with Crippen molar-refractivity contribution in [2.24, 2.45) is 0 Å². The van der Waals surface area contributed by atoms with Gasteiger partial charge in [0, 0.05) is 13.1 Å². The minimum absolute atomic E-state index is 0.0529. The average molecular weight is 366 g/mol. The third-order valence-corrected chi connectivity index (χ3v) is 2.52. The highest BCUT2D eigenvalue weighted by atomic mass is 32.1. The molecule has 0 saturated carbocycles. The van der Waals surface area contributed by atoms with Gasteiger partial charge in [0.15, 0.2) is 10.2 Å². The Bertz CT molecular complexity index is 373. The first-order valence-corrected chi connectivity index (χ1v) is 7.82. The molecule has 0 saturated heterocycles. The van der Waals surface area contributed by atoms with Gasteiger partial charge in [-0.25, -0.2) is 9.59 Å². The van der Waals surface area contributed by atoms with Gasteiger partial charge in [-0.2, -0.15) is 0 Å². The van der Waals surface area contributed by atoms with Crippen molar-refractivity contribution >= 4 is 46.8 Å². The minimum atomic E-state index is -0.660. The molecule has 4 N–H and O–H groups in total. The molecule has 0 rings (SSSR count). The smallest absolute Gasteiger partial charge is 0.413 e. The number of hydrogen-bond acceptors (Lipinski definition) is 7. The molecule has 0 aliphatic rings. The normalized spacial score (nSPS) is 9.48. The van der Waals surface area contributed by atoms with Gasteiger partial charge >= 0.3 is 12.2 Å². The lowest BCUT2D eigenvalue weighted by atomic mass is 10.7. The standard InChI is InChI=1S/C12H22N4O5S2/c1-3-13-9(22)15-11(17)20-7-5-19-6-8-21-12(18)16-10(23)14-4-2/h3-8H2,1-2H3,(H2,13,15,17,22)(H2,14,16,18,23). The monoisotopic (exact) mass is 366 g/mol. The topological polar surface area (TPSA) is 110 Å². The fourth-order valence-corrected chi connectivity index (χ4v) is 1.61. The highest BCUT2D eigenvalue weighted by Crippen LogP contribution is 1.84. The summed E-state index contributed by atoms with van der Waals surface area (Å²) >= 11 is 9.63. The van der Waals surface area contributed by atoms with Crippen LogP contribution in [0.4, 0.5) is 9.59 Å². The molecule has 0 aromatic carbocycles. The number of hydrogen-bond donors (Lipinski definition) is 4. The second kappa shape index (κ2) is 13.9. The average Bonchev–Trinajstić information content (AvgIpc) is 2.46. The Morgan fingerprint density at radius 3 is 1.52 bits per heavy atom. The second-order valence-electron chi connectivity index (χ2n) is 3.85. The number of thiocarbonyl (C=S) groups is 2. The van der Waals surface area contributed by atoms with Crippen molar-refractivity contribution < 1.29 is 23.8 Å². The van der Waals surface area contributed by atoms with E-state index in [2.05, 4.69) is 21.3 Å². The van der Waals surface area contributed by atoms with Gasteiger partial charge in [-0.15, -0.1) is 0 Å². The van der Waals surface area contributed by atoms with Gasteiger partial charge in [0.2, 0.25) is 0 Å². The van der Waals surface area contributed by atoms with Crippen molar-refractivity contribution in [3.05, 3.63) is 0 Å². The predicted molar refractivity (Wildman–Crippen MR) is 92.3 cm³/mol. The van der Waals surface area contributed by atoms with E-state index in [-0.39, 0.29) is 36.7 Å². The van der Waals surface area contributed by atoms with Crippen LogP contribution >= 0.6 is 24.4 Å². The van der Waals surface area contributed by atoms with Crippen LogP contribution in [0.2, 0.25) is 0 Å². The summed E-state index contributed by atoms with van der Waals surface area (Å²) in [6.07, 6.45) is -1.32. The molecule has 0 aliphatic carbocycles. The summed E-state index contributed by atoms with van der Waals surface area (Å²) in [5.74, 6) is 0. The maximum atomic E-state index is 11.3. The van der Waals surface area contributed by atoms with Gasteiger partial charge in [-0.3, -0.25) is 10.6 Å². The van der Waals surface area contributed by atoms with Crippen molar-refractivity contribution in [2.75, 3.05) is 39.5 Å². The van der Waals surface area contributed by atoms with E-state index in [0.29, 0.717) is 13.1 Å². The Kier molecular flexibility index (Phi) is 12.9. The van der Waals surface area contributed by atoms with Crippen molar-refractivity contribution in [1.82, 2.24) is 21.3 Å². The first-order chi connectivity index (χ1) is 11.0. The maximum Gasteiger partial charge on any atom is 0.413 e. The zero-order valence-electron chi connectivity index (χ0n) is 13.1. The lowest BCUT2D eigenvalue weighted by Gasteiger charge is -2.10. The van der Waals surface area contributed by atoms with E-state index in [1.807, 2.05) is 13.8 Å². The number of amides is 2. The Balaban J connectivity index is 3.49.